The Morgan fingerprint density at radius 3 is 2.50 bits per heavy atom. The Kier molecular flexibility index (Phi) is 7.77. The lowest BCUT2D eigenvalue weighted by atomic mass is 10.2. The van der Waals surface area contributed by atoms with E-state index >= 15 is 0 Å². The standard InChI is InChI=1S/C24H22BrClN4O3S/c1-31-20-10-6-4-8-17(20)23-28-29-24(34)30(23)27-13-16-11-21(32-2)22(12-18(16)25)33-14-15-7-3-5-9-19(15)26/h3-12,27H,13-14H2,1-2H3,(H,29,34). The van der Waals surface area contributed by atoms with Crippen LogP contribution in [0.25, 0.3) is 11.4 Å². The summed E-state index contributed by atoms with van der Waals surface area (Å²) in [7, 11) is 3.23. The Hall–Kier alpha value is -3.01. The van der Waals surface area contributed by atoms with Crippen LogP contribution in [-0.4, -0.2) is 29.1 Å². The fourth-order valence-corrected chi connectivity index (χ4v) is 4.22. The number of H-pyrrole nitrogens is 1. The van der Waals surface area contributed by atoms with Gasteiger partial charge < -0.3 is 19.6 Å². The lowest BCUT2D eigenvalue weighted by Gasteiger charge is -2.16. The Morgan fingerprint density at radius 2 is 1.74 bits per heavy atom. The number of halogens is 2. The molecule has 0 aliphatic carbocycles. The molecule has 0 fully saturated rings. The zero-order chi connectivity index (χ0) is 24.1. The number of hydrogen-bond acceptors (Lipinski definition) is 6. The summed E-state index contributed by atoms with van der Waals surface area (Å²) in [5.41, 5.74) is 5.97. The lowest BCUT2D eigenvalue weighted by molar-refractivity contribution is 0.284. The van der Waals surface area contributed by atoms with E-state index in [0.717, 1.165) is 21.2 Å². The van der Waals surface area contributed by atoms with Crippen LogP contribution in [0, 0.1) is 4.77 Å². The zero-order valence-corrected chi connectivity index (χ0v) is 21.6. The van der Waals surface area contributed by atoms with Crippen molar-refractivity contribution in [3.8, 4) is 28.6 Å². The summed E-state index contributed by atoms with van der Waals surface area (Å²) in [5.74, 6) is 2.52. The molecule has 2 N–H and O–H groups in total. The molecule has 34 heavy (non-hydrogen) atoms. The second-order valence-electron chi connectivity index (χ2n) is 7.20. The summed E-state index contributed by atoms with van der Waals surface area (Å²) in [6.07, 6.45) is 0. The van der Waals surface area contributed by atoms with Gasteiger partial charge in [-0.05, 0) is 48.1 Å². The van der Waals surface area contributed by atoms with Crippen molar-refractivity contribution in [2.24, 2.45) is 0 Å². The average Bonchev–Trinajstić information content (AvgIpc) is 3.22. The molecule has 0 atom stereocenters. The van der Waals surface area contributed by atoms with Gasteiger partial charge >= 0.3 is 0 Å². The van der Waals surface area contributed by atoms with E-state index in [0.29, 0.717) is 46.0 Å². The van der Waals surface area contributed by atoms with E-state index in [-0.39, 0.29) is 0 Å². The Balaban J connectivity index is 1.55. The monoisotopic (exact) mass is 560 g/mol. The molecule has 0 aliphatic rings. The molecule has 176 valence electrons. The number of ether oxygens (including phenoxy) is 3. The Labute approximate surface area is 215 Å². The number of rotatable bonds is 9. The highest BCUT2D eigenvalue weighted by Crippen LogP contribution is 2.35. The summed E-state index contributed by atoms with van der Waals surface area (Å²) < 4.78 is 20.0. The topological polar surface area (TPSA) is 73.3 Å². The molecule has 1 aromatic heterocycles. The van der Waals surface area contributed by atoms with Crippen LogP contribution in [0.4, 0.5) is 0 Å². The summed E-state index contributed by atoms with van der Waals surface area (Å²) in [6, 6.07) is 19.0. The number of aromatic nitrogens is 3. The first kappa shape index (κ1) is 24.1. The van der Waals surface area contributed by atoms with Gasteiger partial charge in [-0.15, -0.1) is 0 Å². The number of para-hydroxylation sites is 1. The van der Waals surface area contributed by atoms with Gasteiger partial charge in [-0.25, -0.2) is 9.77 Å². The molecule has 0 saturated heterocycles. The van der Waals surface area contributed by atoms with Gasteiger partial charge in [0.05, 0.1) is 26.3 Å². The third kappa shape index (κ3) is 5.22. The molecule has 0 saturated carbocycles. The molecule has 0 radical (unpaired) electrons. The minimum Gasteiger partial charge on any atom is -0.496 e. The highest BCUT2D eigenvalue weighted by molar-refractivity contribution is 9.10. The number of nitrogens with zero attached hydrogens (tertiary/aromatic N) is 2. The first-order valence-electron chi connectivity index (χ1n) is 10.3. The van der Waals surface area contributed by atoms with Crippen LogP contribution in [-0.2, 0) is 13.2 Å². The van der Waals surface area contributed by atoms with E-state index in [4.69, 9.17) is 38.0 Å². The predicted octanol–water partition coefficient (Wildman–Crippen LogP) is 6.36. The number of hydrogen-bond donors (Lipinski definition) is 2. The van der Waals surface area contributed by atoms with Gasteiger partial charge in [-0.2, -0.15) is 5.10 Å². The van der Waals surface area contributed by atoms with Crippen molar-refractivity contribution < 1.29 is 14.2 Å². The fraction of sp³-hybridized carbons (Fsp3) is 0.167. The van der Waals surface area contributed by atoms with Crippen molar-refractivity contribution in [3.63, 3.8) is 0 Å². The lowest BCUT2D eigenvalue weighted by Crippen LogP contribution is -2.16. The highest BCUT2D eigenvalue weighted by atomic mass is 79.9. The maximum atomic E-state index is 6.24. The van der Waals surface area contributed by atoms with Crippen LogP contribution in [0.2, 0.25) is 5.02 Å². The van der Waals surface area contributed by atoms with Gasteiger partial charge in [0, 0.05) is 15.1 Å². The third-order valence-electron chi connectivity index (χ3n) is 5.12. The van der Waals surface area contributed by atoms with Gasteiger partial charge in [0.2, 0.25) is 4.77 Å². The van der Waals surface area contributed by atoms with Crippen LogP contribution in [0.1, 0.15) is 11.1 Å². The quantitative estimate of drug-likeness (QED) is 0.232. The van der Waals surface area contributed by atoms with Crippen molar-refractivity contribution in [2.45, 2.75) is 13.2 Å². The van der Waals surface area contributed by atoms with E-state index < -0.39 is 0 Å². The van der Waals surface area contributed by atoms with Crippen LogP contribution in [0.5, 0.6) is 17.2 Å². The average molecular weight is 562 g/mol. The molecule has 3 aromatic carbocycles. The van der Waals surface area contributed by atoms with E-state index in [1.807, 2.05) is 60.7 Å². The first-order chi connectivity index (χ1) is 16.5. The molecular weight excluding hydrogens is 540 g/mol. The number of benzene rings is 3. The molecule has 4 aromatic rings. The maximum Gasteiger partial charge on any atom is 0.214 e. The maximum absolute atomic E-state index is 6.24. The molecule has 10 heteroatoms. The molecule has 0 amide bonds. The summed E-state index contributed by atoms with van der Waals surface area (Å²) in [6.45, 7) is 0.768. The van der Waals surface area contributed by atoms with Gasteiger partial charge in [-0.3, -0.25) is 0 Å². The smallest absolute Gasteiger partial charge is 0.214 e. The van der Waals surface area contributed by atoms with Crippen molar-refractivity contribution >= 4 is 39.7 Å². The van der Waals surface area contributed by atoms with Crippen LogP contribution in [0.3, 0.4) is 0 Å². The van der Waals surface area contributed by atoms with Gasteiger partial charge in [0.15, 0.2) is 17.3 Å². The predicted molar refractivity (Wildman–Crippen MR) is 139 cm³/mol. The van der Waals surface area contributed by atoms with Crippen LogP contribution < -0.4 is 19.6 Å². The number of aromatic amines is 1. The van der Waals surface area contributed by atoms with Crippen LogP contribution >= 0.6 is 39.7 Å². The highest BCUT2D eigenvalue weighted by Gasteiger charge is 2.15. The normalized spacial score (nSPS) is 10.7. The van der Waals surface area contributed by atoms with E-state index in [9.17, 15) is 0 Å². The molecule has 4 rings (SSSR count). The molecule has 0 bridgehead atoms. The van der Waals surface area contributed by atoms with E-state index in [2.05, 4.69) is 31.6 Å². The molecule has 0 aliphatic heterocycles. The Morgan fingerprint density at radius 1 is 1.00 bits per heavy atom. The Bertz CT molecular complexity index is 1360. The summed E-state index contributed by atoms with van der Waals surface area (Å²) in [4.78, 5) is 0. The van der Waals surface area contributed by atoms with E-state index in [1.165, 1.54) is 0 Å². The fourth-order valence-electron chi connectivity index (χ4n) is 3.37. The summed E-state index contributed by atoms with van der Waals surface area (Å²) >= 11 is 15.3. The number of methoxy groups -OCH3 is 2. The van der Waals surface area contributed by atoms with Crippen molar-refractivity contribution in [3.05, 3.63) is 86.1 Å². The minimum atomic E-state index is 0.326. The minimum absolute atomic E-state index is 0.326. The van der Waals surface area contributed by atoms with Gasteiger partial charge in [0.25, 0.3) is 0 Å². The van der Waals surface area contributed by atoms with Crippen molar-refractivity contribution in [2.75, 3.05) is 19.6 Å². The van der Waals surface area contributed by atoms with Gasteiger partial charge in [-0.1, -0.05) is 57.9 Å². The molecule has 1 heterocycles. The third-order valence-corrected chi connectivity index (χ3v) is 6.50. The zero-order valence-electron chi connectivity index (χ0n) is 18.5. The number of nitrogens with one attached hydrogen (secondary N) is 2. The second-order valence-corrected chi connectivity index (χ2v) is 8.85. The van der Waals surface area contributed by atoms with Gasteiger partial charge in [0.1, 0.15) is 12.4 Å². The SMILES string of the molecule is COc1cc(CNn2c(-c3ccccc3OC)n[nH]c2=S)c(Br)cc1OCc1ccccc1Cl. The molecule has 7 nitrogen and oxygen atoms in total. The molecule has 0 spiro atoms. The molecule has 0 unspecified atom stereocenters. The molecular formula is C24H22BrClN4O3S. The first-order valence-corrected chi connectivity index (χ1v) is 11.9. The van der Waals surface area contributed by atoms with Crippen molar-refractivity contribution in [1.82, 2.24) is 14.9 Å². The van der Waals surface area contributed by atoms with Crippen LogP contribution in [0.15, 0.2) is 65.1 Å². The largest absolute Gasteiger partial charge is 0.496 e. The van der Waals surface area contributed by atoms with Crippen molar-refractivity contribution in [1.29, 1.82) is 0 Å². The van der Waals surface area contributed by atoms with E-state index in [1.54, 1.807) is 18.9 Å². The summed E-state index contributed by atoms with van der Waals surface area (Å²) in [5, 5.41) is 7.87. The second kappa shape index (κ2) is 10.9.